The number of carbonyl (C=O) groups is 1. The second-order valence-electron chi connectivity index (χ2n) is 5.69. The Morgan fingerprint density at radius 1 is 1.05 bits per heavy atom. The number of hydrogen-bond acceptors (Lipinski definition) is 2. The maximum atomic E-state index is 11.8. The molecule has 0 aliphatic carbocycles. The molecule has 0 atom stereocenters. The zero-order valence-electron chi connectivity index (χ0n) is 13.7. The van der Waals surface area contributed by atoms with Crippen LogP contribution in [0.4, 0.5) is 0 Å². The Morgan fingerprint density at radius 2 is 1.73 bits per heavy atom. The normalized spacial score (nSPS) is 10.4. The van der Waals surface area contributed by atoms with E-state index in [-0.39, 0.29) is 5.91 Å². The van der Waals surface area contributed by atoms with Gasteiger partial charge in [0.1, 0.15) is 5.75 Å². The highest BCUT2D eigenvalue weighted by Crippen LogP contribution is 2.20. The van der Waals surface area contributed by atoms with Gasteiger partial charge in [-0.2, -0.15) is 0 Å². The fourth-order valence-electron chi connectivity index (χ4n) is 2.23. The molecule has 1 amide bonds. The van der Waals surface area contributed by atoms with Crippen molar-refractivity contribution in [2.45, 2.75) is 20.3 Å². The first-order valence-corrected chi connectivity index (χ1v) is 7.48. The third kappa shape index (κ3) is 3.88. The maximum absolute atomic E-state index is 11.8. The summed E-state index contributed by atoms with van der Waals surface area (Å²) in [7, 11) is 3.52. The Bertz CT molecular complexity index is 645. The van der Waals surface area contributed by atoms with E-state index >= 15 is 0 Å². The molecule has 2 aromatic carbocycles. The van der Waals surface area contributed by atoms with E-state index in [2.05, 4.69) is 19.9 Å². The molecular weight excluding hydrogens is 274 g/mol. The van der Waals surface area contributed by atoms with Crippen molar-refractivity contribution in [1.82, 2.24) is 4.90 Å². The summed E-state index contributed by atoms with van der Waals surface area (Å²) < 4.78 is 5.86. The molecule has 3 nitrogen and oxygen atoms in total. The third-order valence-corrected chi connectivity index (χ3v) is 3.81. The molecule has 0 aliphatic rings. The molecule has 0 spiro atoms. The van der Waals surface area contributed by atoms with Crippen LogP contribution >= 0.6 is 0 Å². The number of hydrogen-bond donors (Lipinski definition) is 0. The van der Waals surface area contributed by atoms with Gasteiger partial charge in [-0.3, -0.25) is 4.79 Å². The molecule has 0 aliphatic heterocycles. The molecule has 2 rings (SSSR count). The number of aryl methyl sites for hydroxylation is 1. The summed E-state index contributed by atoms with van der Waals surface area (Å²) in [5.74, 6) is 0.970. The van der Waals surface area contributed by atoms with E-state index in [1.807, 2.05) is 36.4 Å². The van der Waals surface area contributed by atoms with Gasteiger partial charge in [-0.05, 0) is 48.7 Å². The van der Waals surface area contributed by atoms with Gasteiger partial charge < -0.3 is 9.64 Å². The lowest BCUT2D eigenvalue weighted by Gasteiger charge is -2.12. The molecule has 0 saturated carbocycles. The fourth-order valence-corrected chi connectivity index (χ4v) is 2.23. The van der Waals surface area contributed by atoms with Gasteiger partial charge in [-0.25, -0.2) is 0 Å². The Kier molecular flexibility index (Phi) is 5.21. The van der Waals surface area contributed by atoms with Crippen LogP contribution in [0.5, 0.6) is 5.75 Å². The number of nitrogens with zero attached hydrogens (tertiary/aromatic N) is 1. The number of ether oxygens (including phenoxy) is 1. The summed E-state index contributed by atoms with van der Waals surface area (Å²) >= 11 is 0. The monoisotopic (exact) mass is 297 g/mol. The predicted molar refractivity (Wildman–Crippen MR) is 89.6 cm³/mol. The highest BCUT2D eigenvalue weighted by atomic mass is 16.5. The number of amides is 1. The van der Waals surface area contributed by atoms with Crippen molar-refractivity contribution in [2.24, 2.45) is 0 Å². The van der Waals surface area contributed by atoms with Crippen molar-refractivity contribution in [1.29, 1.82) is 0 Å². The van der Waals surface area contributed by atoms with E-state index < -0.39 is 0 Å². The molecule has 22 heavy (non-hydrogen) atoms. The average molecular weight is 297 g/mol. The molecular formula is C19H23NO2. The first-order valence-electron chi connectivity index (χ1n) is 7.48. The Hall–Kier alpha value is -2.29. The fraction of sp³-hybridized carbons (Fsp3) is 0.316. The van der Waals surface area contributed by atoms with E-state index in [0.29, 0.717) is 12.2 Å². The van der Waals surface area contributed by atoms with E-state index in [0.717, 1.165) is 12.2 Å². The molecule has 2 aromatic rings. The molecule has 0 unspecified atom stereocenters. The quantitative estimate of drug-likeness (QED) is 0.843. The molecule has 0 bridgehead atoms. The summed E-state index contributed by atoms with van der Waals surface area (Å²) in [4.78, 5) is 13.4. The summed E-state index contributed by atoms with van der Waals surface area (Å²) in [6, 6.07) is 13.8. The van der Waals surface area contributed by atoms with Crippen LogP contribution in [-0.2, 0) is 6.42 Å². The molecule has 0 saturated heterocycles. The van der Waals surface area contributed by atoms with Crippen LogP contribution in [0.25, 0.3) is 0 Å². The zero-order valence-corrected chi connectivity index (χ0v) is 13.7. The summed E-state index contributed by atoms with van der Waals surface area (Å²) in [6.45, 7) is 4.79. The van der Waals surface area contributed by atoms with Crippen molar-refractivity contribution in [2.75, 3.05) is 20.7 Å². The van der Waals surface area contributed by atoms with Gasteiger partial charge >= 0.3 is 0 Å². The Morgan fingerprint density at radius 3 is 2.36 bits per heavy atom. The summed E-state index contributed by atoms with van der Waals surface area (Å²) in [6.07, 6.45) is 0.823. The van der Waals surface area contributed by atoms with Crippen LogP contribution in [0.2, 0.25) is 0 Å². The Labute approximate surface area is 132 Å². The molecule has 0 fully saturated rings. The van der Waals surface area contributed by atoms with Crippen LogP contribution in [0.3, 0.4) is 0 Å². The zero-order chi connectivity index (χ0) is 16.1. The third-order valence-electron chi connectivity index (χ3n) is 3.81. The van der Waals surface area contributed by atoms with Crippen LogP contribution in [0.1, 0.15) is 27.0 Å². The SMILES string of the molecule is Cc1cccc(OCCc2ccc(C(=O)N(C)C)cc2)c1C. The standard InChI is InChI=1S/C19H23NO2/c1-14-6-5-7-18(15(14)2)22-13-12-16-8-10-17(11-9-16)19(21)20(3)4/h5-11H,12-13H2,1-4H3. The smallest absolute Gasteiger partial charge is 0.253 e. The molecule has 0 N–H and O–H groups in total. The minimum Gasteiger partial charge on any atom is -0.493 e. The van der Waals surface area contributed by atoms with Gasteiger partial charge in [0.2, 0.25) is 0 Å². The van der Waals surface area contributed by atoms with Crippen LogP contribution in [0.15, 0.2) is 42.5 Å². The average Bonchev–Trinajstić information content (AvgIpc) is 2.51. The van der Waals surface area contributed by atoms with E-state index in [1.54, 1.807) is 19.0 Å². The highest BCUT2D eigenvalue weighted by Gasteiger charge is 2.07. The number of benzene rings is 2. The van der Waals surface area contributed by atoms with Crippen molar-refractivity contribution in [3.63, 3.8) is 0 Å². The first-order chi connectivity index (χ1) is 10.5. The van der Waals surface area contributed by atoms with Crippen LogP contribution in [0, 0.1) is 13.8 Å². The van der Waals surface area contributed by atoms with E-state index in [1.165, 1.54) is 16.7 Å². The highest BCUT2D eigenvalue weighted by molar-refractivity contribution is 5.93. The molecule has 3 heteroatoms. The first kappa shape index (κ1) is 16.1. The molecule has 0 radical (unpaired) electrons. The van der Waals surface area contributed by atoms with Crippen molar-refractivity contribution < 1.29 is 9.53 Å². The lowest BCUT2D eigenvalue weighted by atomic mass is 10.1. The summed E-state index contributed by atoms with van der Waals surface area (Å²) in [5, 5.41) is 0. The van der Waals surface area contributed by atoms with Crippen molar-refractivity contribution in [3.05, 3.63) is 64.7 Å². The van der Waals surface area contributed by atoms with Gasteiger partial charge in [0.25, 0.3) is 5.91 Å². The van der Waals surface area contributed by atoms with E-state index in [4.69, 9.17) is 4.74 Å². The van der Waals surface area contributed by atoms with Crippen LogP contribution < -0.4 is 4.74 Å². The molecule has 0 aromatic heterocycles. The summed E-state index contributed by atoms with van der Waals surface area (Å²) in [5.41, 5.74) is 4.31. The topological polar surface area (TPSA) is 29.5 Å². The lowest BCUT2D eigenvalue weighted by molar-refractivity contribution is 0.0827. The van der Waals surface area contributed by atoms with Gasteiger partial charge in [-0.1, -0.05) is 24.3 Å². The van der Waals surface area contributed by atoms with Gasteiger partial charge in [0, 0.05) is 26.1 Å². The maximum Gasteiger partial charge on any atom is 0.253 e. The second kappa shape index (κ2) is 7.12. The number of carbonyl (C=O) groups excluding carboxylic acids is 1. The molecule has 0 heterocycles. The van der Waals surface area contributed by atoms with Crippen LogP contribution in [-0.4, -0.2) is 31.5 Å². The largest absolute Gasteiger partial charge is 0.493 e. The minimum absolute atomic E-state index is 0.0261. The van der Waals surface area contributed by atoms with E-state index in [9.17, 15) is 4.79 Å². The second-order valence-corrected chi connectivity index (χ2v) is 5.69. The minimum atomic E-state index is 0.0261. The van der Waals surface area contributed by atoms with Crippen molar-refractivity contribution >= 4 is 5.91 Å². The van der Waals surface area contributed by atoms with Gasteiger partial charge in [0.15, 0.2) is 0 Å². The number of rotatable bonds is 5. The van der Waals surface area contributed by atoms with Crippen molar-refractivity contribution in [3.8, 4) is 5.75 Å². The lowest BCUT2D eigenvalue weighted by Crippen LogP contribution is -2.21. The predicted octanol–water partition coefficient (Wildman–Crippen LogP) is 3.63. The van der Waals surface area contributed by atoms with Gasteiger partial charge in [-0.15, -0.1) is 0 Å². The Balaban J connectivity index is 1.92. The molecule has 116 valence electrons. The van der Waals surface area contributed by atoms with Gasteiger partial charge in [0.05, 0.1) is 6.61 Å².